The molecule has 0 saturated carbocycles. The van der Waals surface area contributed by atoms with Crippen molar-refractivity contribution in [1.29, 1.82) is 0 Å². The normalized spacial score (nSPS) is 12.6. The van der Waals surface area contributed by atoms with Crippen molar-refractivity contribution >= 4 is 11.6 Å². The van der Waals surface area contributed by atoms with Gasteiger partial charge in [-0.15, -0.1) is 0 Å². The summed E-state index contributed by atoms with van der Waals surface area (Å²) in [5.41, 5.74) is 0.552. The third-order valence-corrected chi connectivity index (χ3v) is 2.98. The van der Waals surface area contributed by atoms with Gasteiger partial charge in [-0.3, -0.25) is 0 Å². The number of rotatable bonds is 4. The van der Waals surface area contributed by atoms with Crippen LogP contribution in [0.4, 0.5) is 4.39 Å². The first kappa shape index (κ1) is 12.1. The summed E-state index contributed by atoms with van der Waals surface area (Å²) in [4.78, 5) is 0. The highest BCUT2D eigenvalue weighted by atomic mass is 35.5. The van der Waals surface area contributed by atoms with Crippen LogP contribution in [0.25, 0.3) is 0 Å². The Labute approximate surface area is 104 Å². The van der Waals surface area contributed by atoms with Crippen molar-refractivity contribution in [3.05, 3.63) is 58.8 Å². The Kier molecular flexibility index (Phi) is 3.82. The Bertz CT molecular complexity index is 484. The molecule has 0 bridgehead atoms. The van der Waals surface area contributed by atoms with Crippen LogP contribution < -0.4 is 5.32 Å². The maximum Gasteiger partial charge on any atom is 0.146 e. The summed E-state index contributed by atoms with van der Waals surface area (Å²) in [6.45, 7) is 0. The monoisotopic (exact) mass is 253 g/mol. The molecule has 0 aliphatic heterocycles. The summed E-state index contributed by atoms with van der Waals surface area (Å²) >= 11 is 5.77. The summed E-state index contributed by atoms with van der Waals surface area (Å²) < 4.78 is 19.1. The molecule has 2 aromatic rings. The number of furan rings is 1. The maximum absolute atomic E-state index is 13.9. The average Bonchev–Trinajstić information content (AvgIpc) is 2.83. The minimum atomic E-state index is -0.375. The number of nitrogens with one attached hydrogen (secondary N) is 1. The fraction of sp³-hybridized carbons (Fsp3) is 0.231. The minimum absolute atomic E-state index is 0.141. The molecule has 0 spiro atoms. The first-order valence-electron chi connectivity index (χ1n) is 5.36. The highest BCUT2D eigenvalue weighted by molar-refractivity contribution is 6.30. The van der Waals surface area contributed by atoms with Gasteiger partial charge in [-0.25, -0.2) is 4.39 Å². The van der Waals surface area contributed by atoms with Crippen molar-refractivity contribution in [3.8, 4) is 0 Å². The van der Waals surface area contributed by atoms with Gasteiger partial charge in [-0.2, -0.15) is 0 Å². The zero-order valence-corrected chi connectivity index (χ0v) is 10.2. The molecule has 0 amide bonds. The van der Waals surface area contributed by atoms with E-state index in [1.54, 1.807) is 31.5 Å². The molecule has 4 heteroatoms. The number of likely N-dealkylation sites (N-methyl/N-ethyl adjacent to an activating group) is 1. The Hall–Kier alpha value is -1.32. The lowest BCUT2D eigenvalue weighted by molar-refractivity contribution is 0.455. The maximum atomic E-state index is 13.9. The second kappa shape index (κ2) is 5.34. The number of hydrogen-bond donors (Lipinski definition) is 1. The van der Waals surface area contributed by atoms with Gasteiger partial charge in [-0.1, -0.05) is 23.7 Å². The SMILES string of the molecule is CNC(Cc1ccco1)c1cccc(Cl)c1F. The zero-order valence-electron chi connectivity index (χ0n) is 9.41. The van der Waals surface area contributed by atoms with E-state index in [0.29, 0.717) is 12.0 Å². The van der Waals surface area contributed by atoms with Gasteiger partial charge in [0.1, 0.15) is 11.6 Å². The molecular weight excluding hydrogens is 241 g/mol. The van der Waals surface area contributed by atoms with Gasteiger partial charge in [-0.05, 0) is 25.2 Å². The highest BCUT2D eigenvalue weighted by Crippen LogP contribution is 2.25. The van der Waals surface area contributed by atoms with Crippen LogP contribution in [0, 0.1) is 5.82 Å². The summed E-state index contributed by atoms with van der Waals surface area (Å²) in [5.74, 6) is 0.434. The Morgan fingerprint density at radius 1 is 1.35 bits per heavy atom. The van der Waals surface area contributed by atoms with Crippen LogP contribution >= 0.6 is 11.6 Å². The van der Waals surface area contributed by atoms with Gasteiger partial charge in [0, 0.05) is 18.0 Å². The molecule has 1 N–H and O–H groups in total. The standard InChI is InChI=1S/C13H13ClFNO/c1-16-12(8-9-4-3-7-17-9)10-5-2-6-11(14)13(10)15/h2-7,12,16H,8H2,1H3. The van der Waals surface area contributed by atoms with Crippen molar-refractivity contribution in [2.75, 3.05) is 7.05 Å². The van der Waals surface area contributed by atoms with Crippen LogP contribution in [-0.4, -0.2) is 7.05 Å². The molecule has 1 aromatic carbocycles. The molecule has 1 atom stereocenters. The van der Waals surface area contributed by atoms with Crippen molar-refractivity contribution in [2.24, 2.45) is 0 Å². The van der Waals surface area contributed by atoms with Crippen molar-refractivity contribution in [2.45, 2.75) is 12.5 Å². The lowest BCUT2D eigenvalue weighted by Crippen LogP contribution is -2.20. The van der Waals surface area contributed by atoms with Crippen LogP contribution in [0.1, 0.15) is 17.4 Å². The first-order valence-corrected chi connectivity index (χ1v) is 5.73. The van der Waals surface area contributed by atoms with E-state index in [2.05, 4.69) is 5.32 Å². The summed E-state index contributed by atoms with van der Waals surface area (Å²) in [6, 6.07) is 8.54. The molecular formula is C13H13ClFNO. The Morgan fingerprint density at radius 2 is 2.18 bits per heavy atom. The number of halogens is 2. The van der Waals surface area contributed by atoms with Crippen molar-refractivity contribution in [1.82, 2.24) is 5.32 Å². The molecule has 1 heterocycles. The summed E-state index contributed by atoms with van der Waals surface area (Å²) in [7, 11) is 1.79. The largest absolute Gasteiger partial charge is 0.469 e. The number of hydrogen-bond acceptors (Lipinski definition) is 2. The van der Waals surface area contributed by atoms with E-state index in [1.165, 1.54) is 0 Å². The van der Waals surface area contributed by atoms with E-state index >= 15 is 0 Å². The molecule has 2 nitrogen and oxygen atoms in total. The summed E-state index contributed by atoms with van der Waals surface area (Å²) in [6.07, 6.45) is 2.19. The molecule has 0 fully saturated rings. The fourth-order valence-electron chi connectivity index (χ4n) is 1.79. The smallest absolute Gasteiger partial charge is 0.146 e. The molecule has 2 rings (SSSR count). The molecule has 0 aliphatic carbocycles. The first-order chi connectivity index (χ1) is 8.22. The van der Waals surface area contributed by atoms with Crippen LogP contribution in [0.5, 0.6) is 0 Å². The lowest BCUT2D eigenvalue weighted by atomic mass is 10.0. The van der Waals surface area contributed by atoms with Gasteiger partial charge in [0.15, 0.2) is 0 Å². The molecule has 1 aromatic heterocycles. The topological polar surface area (TPSA) is 25.2 Å². The van der Waals surface area contributed by atoms with Crippen molar-refractivity contribution < 1.29 is 8.81 Å². The van der Waals surface area contributed by atoms with E-state index < -0.39 is 0 Å². The molecule has 17 heavy (non-hydrogen) atoms. The quantitative estimate of drug-likeness (QED) is 0.901. The van der Waals surface area contributed by atoms with Gasteiger partial charge in [0.25, 0.3) is 0 Å². The van der Waals surface area contributed by atoms with Crippen LogP contribution in [0.3, 0.4) is 0 Å². The van der Waals surface area contributed by atoms with Crippen LogP contribution in [-0.2, 0) is 6.42 Å². The van der Waals surface area contributed by atoms with E-state index in [0.717, 1.165) is 5.76 Å². The Balaban J connectivity index is 2.26. The molecule has 90 valence electrons. The van der Waals surface area contributed by atoms with Gasteiger partial charge in [0.2, 0.25) is 0 Å². The molecule has 0 aliphatic rings. The summed E-state index contributed by atoms with van der Waals surface area (Å²) in [5, 5.41) is 3.21. The van der Waals surface area contributed by atoms with E-state index in [9.17, 15) is 4.39 Å². The van der Waals surface area contributed by atoms with Crippen molar-refractivity contribution in [3.63, 3.8) is 0 Å². The van der Waals surface area contributed by atoms with Crippen LogP contribution in [0.2, 0.25) is 5.02 Å². The van der Waals surface area contributed by atoms with Gasteiger partial charge >= 0.3 is 0 Å². The minimum Gasteiger partial charge on any atom is -0.469 e. The van der Waals surface area contributed by atoms with Gasteiger partial charge in [0.05, 0.1) is 11.3 Å². The molecule has 0 saturated heterocycles. The van der Waals surface area contributed by atoms with E-state index in [-0.39, 0.29) is 16.9 Å². The van der Waals surface area contributed by atoms with Crippen LogP contribution in [0.15, 0.2) is 41.0 Å². The predicted molar refractivity (Wildman–Crippen MR) is 65.6 cm³/mol. The lowest BCUT2D eigenvalue weighted by Gasteiger charge is -2.16. The fourth-order valence-corrected chi connectivity index (χ4v) is 1.97. The molecule has 0 radical (unpaired) electrons. The van der Waals surface area contributed by atoms with Gasteiger partial charge < -0.3 is 9.73 Å². The zero-order chi connectivity index (χ0) is 12.3. The predicted octanol–water partition coefficient (Wildman–Crippen LogP) is 3.58. The number of benzene rings is 1. The average molecular weight is 254 g/mol. The van der Waals surface area contributed by atoms with E-state index in [4.69, 9.17) is 16.0 Å². The Morgan fingerprint density at radius 3 is 2.82 bits per heavy atom. The third kappa shape index (κ3) is 2.68. The molecule has 1 unspecified atom stereocenters. The van der Waals surface area contributed by atoms with E-state index in [1.807, 2.05) is 12.1 Å². The second-order valence-corrected chi connectivity index (χ2v) is 4.17. The third-order valence-electron chi connectivity index (χ3n) is 2.69. The second-order valence-electron chi connectivity index (χ2n) is 3.77. The highest BCUT2D eigenvalue weighted by Gasteiger charge is 2.17.